The van der Waals surface area contributed by atoms with Gasteiger partial charge in [0.25, 0.3) is 0 Å². The van der Waals surface area contributed by atoms with Gasteiger partial charge < -0.3 is 14.9 Å². The minimum atomic E-state index is -0.734. The summed E-state index contributed by atoms with van der Waals surface area (Å²) in [5.41, 5.74) is -0.293. The van der Waals surface area contributed by atoms with E-state index < -0.39 is 6.29 Å². The van der Waals surface area contributed by atoms with Crippen LogP contribution in [-0.4, -0.2) is 28.7 Å². The minimum Gasteiger partial charge on any atom is -0.393 e. The van der Waals surface area contributed by atoms with E-state index in [2.05, 4.69) is 34.6 Å². The Hall–Kier alpha value is -0.120. The van der Waals surface area contributed by atoms with Crippen molar-refractivity contribution in [3.8, 4) is 0 Å². The molecule has 1 aliphatic rings. The topological polar surface area (TPSA) is 49.7 Å². The Morgan fingerprint density at radius 2 is 1.42 bits per heavy atom. The summed E-state index contributed by atoms with van der Waals surface area (Å²) in [7, 11) is 0. The van der Waals surface area contributed by atoms with Crippen molar-refractivity contribution < 1.29 is 14.9 Å². The number of ether oxygens (including phenoxy) is 1. The van der Waals surface area contributed by atoms with Crippen LogP contribution in [0.5, 0.6) is 0 Å². The number of hydrogen-bond donors (Lipinski definition) is 2. The zero-order valence-corrected chi connectivity index (χ0v) is 13.3. The summed E-state index contributed by atoms with van der Waals surface area (Å²) in [5.74, 6) is 0. The molecule has 114 valence electrons. The van der Waals surface area contributed by atoms with Crippen LogP contribution in [-0.2, 0) is 4.74 Å². The smallest absolute Gasteiger partial charge is 0.160 e. The van der Waals surface area contributed by atoms with Crippen LogP contribution in [0.15, 0.2) is 0 Å². The molecule has 1 atom stereocenters. The van der Waals surface area contributed by atoms with Gasteiger partial charge in [0.1, 0.15) is 0 Å². The van der Waals surface area contributed by atoms with Gasteiger partial charge in [0, 0.05) is 5.41 Å². The third-order valence-electron chi connectivity index (χ3n) is 5.00. The monoisotopic (exact) mass is 272 g/mol. The van der Waals surface area contributed by atoms with Gasteiger partial charge in [0.05, 0.1) is 12.2 Å². The summed E-state index contributed by atoms with van der Waals surface area (Å²) >= 11 is 0. The quantitative estimate of drug-likeness (QED) is 0.773. The first-order valence-electron chi connectivity index (χ1n) is 7.66. The maximum Gasteiger partial charge on any atom is 0.160 e. The van der Waals surface area contributed by atoms with Crippen molar-refractivity contribution in [3.63, 3.8) is 0 Å². The third-order valence-corrected chi connectivity index (χ3v) is 5.00. The van der Waals surface area contributed by atoms with Crippen molar-refractivity contribution in [3.05, 3.63) is 0 Å². The highest BCUT2D eigenvalue weighted by atomic mass is 16.6. The molecule has 0 saturated heterocycles. The largest absolute Gasteiger partial charge is 0.393 e. The summed E-state index contributed by atoms with van der Waals surface area (Å²) < 4.78 is 5.93. The molecule has 0 aromatic rings. The first-order valence-corrected chi connectivity index (χ1v) is 7.66. The zero-order chi connectivity index (χ0) is 14.7. The lowest BCUT2D eigenvalue weighted by molar-refractivity contribution is -0.221. The Morgan fingerprint density at radius 1 is 0.947 bits per heavy atom. The number of hydrogen-bond acceptors (Lipinski definition) is 3. The highest BCUT2D eigenvalue weighted by molar-refractivity contribution is 4.85. The highest BCUT2D eigenvalue weighted by Crippen LogP contribution is 2.42. The molecular formula is C16H32O3. The molecule has 3 nitrogen and oxygen atoms in total. The van der Waals surface area contributed by atoms with Gasteiger partial charge in [-0.15, -0.1) is 0 Å². The fraction of sp³-hybridized carbons (Fsp3) is 1.00. The molecule has 0 aliphatic heterocycles. The van der Waals surface area contributed by atoms with E-state index in [1.54, 1.807) is 0 Å². The van der Waals surface area contributed by atoms with E-state index in [1.807, 2.05) is 0 Å². The first kappa shape index (κ1) is 16.9. The maximum absolute atomic E-state index is 10.4. The molecule has 0 aromatic heterocycles. The van der Waals surface area contributed by atoms with E-state index in [1.165, 1.54) is 0 Å². The number of aliphatic hydroxyl groups is 2. The van der Waals surface area contributed by atoms with E-state index >= 15 is 0 Å². The lowest BCUT2D eigenvalue weighted by Crippen LogP contribution is -2.44. The molecule has 0 aromatic carbocycles. The van der Waals surface area contributed by atoms with E-state index in [0.717, 1.165) is 38.5 Å². The summed E-state index contributed by atoms with van der Waals surface area (Å²) in [6.45, 7) is 10.5. The lowest BCUT2D eigenvalue weighted by atomic mass is 9.69. The average molecular weight is 272 g/mol. The number of rotatable bonds is 3. The number of aliphatic hydroxyl groups excluding tert-OH is 2. The molecule has 1 fully saturated rings. The summed E-state index contributed by atoms with van der Waals surface area (Å²) in [6, 6.07) is 0. The molecule has 1 unspecified atom stereocenters. The SMILES string of the molecule is CC(C)(C)C(C)(C)C(O)OC1CCCC(O)CCC1. The maximum atomic E-state index is 10.4. The van der Waals surface area contributed by atoms with Crippen molar-refractivity contribution in [2.45, 2.75) is 91.6 Å². The van der Waals surface area contributed by atoms with Crippen LogP contribution in [0.2, 0.25) is 0 Å². The fourth-order valence-corrected chi connectivity index (χ4v) is 2.31. The molecular weight excluding hydrogens is 240 g/mol. The van der Waals surface area contributed by atoms with Gasteiger partial charge in [-0.1, -0.05) is 34.6 Å². The van der Waals surface area contributed by atoms with Crippen molar-refractivity contribution in [1.29, 1.82) is 0 Å². The molecule has 0 radical (unpaired) electrons. The normalized spacial score (nSPS) is 28.6. The second kappa shape index (κ2) is 6.55. The third kappa shape index (κ3) is 4.73. The molecule has 0 heterocycles. The van der Waals surface area contributed by atoms with Gasteiger partial charge in [-0.25, -0.2) is 0 Å². The van der Waals surface area contributed by atoms with Gasteiger partial charge in [-0.05, 0) is 43.9 Å². The van der Waals surface area contributed by atoms with E-state index in [0.29, 0.717) is 0 Å². The molecule has 0 spiro atoms. The molecule has 1 rings (SSSR count). The molecule has 1 saturated carbocycles. The van der Waals surface area contributed by atoms with Gasteiger partial charge in [-0.2, -0.15) is 0 Å². The Balaban J connectivity index is 2.53. The molecule has 0 amide bonds. The Bertz CT molecular complexity index is 258. The van der Waals surface area contributed by atoms with Crippen LogP contribution in [0.3, 0.4) is 0 Å². The fourth-order valence-electron chi connectivity index (χ4n) is 2.31. The second-order valence-corrected chi connectivity index (χ2v) is 7.60. The molecule has 3 heteroatoms. The zero-order valence-electron chi connectivity index (χ0n) is 13.3. The van der Waals surface area contributed by atoms with Crippen LogP contribution < -0.4 is 0 Å². The average Bonchev–Trinajstić information content (AvgIpc) is 2.23. The summed E-state index contributed by atoms with van der Waals surface area (Å²) in [4.78, 5) is 0. The van der Waals surface area contributed by atoms with Crippen molar-refractivity contribution in [1.82, 2.24) is 0 Å². The summed E-state index contributed by atoms with van der Waals surface area (Å²) in [5, 5.41) is 20.0. The van der Waals surface area contributed by atoms with Gasteiger partial charge >= 0.3 is 0 Å². The highest BCUT2D eigenvalue weighted by Gasteiger charge is 2.41. The predicted octanol–water partition coefficient (Wildman–Crippen LogP) is 3.48. The van der Waals surface area contributed by atoms with E-state index in [-0.39, 0.29) is 23.0 Å². The van der Waals surface area contributed by atoms with E-state index in [9.17, 15) is 10.2 Å². The minimum absolute atomic E-state index is 0.00969. The standard InChI is InChI=1S/C16H32O3/c1-15(2,3)16(4,5)14(18)19-13-10-6-8-12(17)9-7-11-13/h12-14,17-18H,6-11H2,1-5H3. The lowest BCUT2D eigenvalue weighted by Gasteiger charge is -2.43. The predicted molar refractivity (Wildman–Crippen MR) is 77.8 cm³/mol. The Morgan fingerprint density at radius 3 is 1.84 bits per heavy atom. The summed E-state index contributed by atoms with van der Waals surface area (Å²) in [6.07, 6.45) is 4.81. The molecule has 1 aliphatic carbocycles. The van der Waals surface area contributed by atoms with Crippen LogP contribution in [0.25, 0.3) is 0 Å². The van der Waals surface area contributed by atoms with Crippen LogP contribution in [0, 0.1) is 10.8 Å². The van der Waals surface area contributed by atoms with Crippen molar-refractivity contribution >= 4 is 0 Å². The van der Waals surface area contributed by atoms with Crippen molar-refractivity contribution in [2.75, 3.05) is 0 Å². The Labute approximate surface area is 118 Å². The Kier molecular flexibility index (Phi) is 5.84. The van der Waals surface area contributed by atoms with Gasteiger partial charge in [-0.3, -0.25) is 0 Å². The van der Waals surface area contributed by atoms with Gasteiger partial charge in [0.15, 0.2) is 6.29 Å². The second-order valence-electron chi connectivity index (χ2n) is 7.60. The molecule has 2 N–H and O–H groups in total. The molecule has 19 heavy (non-hydrogen) atoms. The molecule has 0 bridgehead atoms. The van der Waals surface area contributed by atoms with Crippen LogP contribution in [0.1, 0.15) is 73.1 Å². The first-order chi connectivity index (χ1) is 8.64. The van der Waals surface area contributed by atoms with Crippen molar-refractivity contribution in [2.24, 2.45) is 10.8 Å². The van der Waals surface area contributed by atoms with Crippen LogP contribution in [0.4, 0.5) is 0 Å². The van der Waals surface area contributed by atoms with E-state index in [4.69, 9.17) is 4.74 Å². The van der Waals surface area contributed by atoms with Gasteiger partial charge in [0.2, 0.25) is 0 Å². The van der Waals surface area contributed by atoms with Crippen LogP contribution >= 0.6 is 0 Å².